The average molecular weight is 267 g/mol. The third-order valence-electron chi connectivity index (χ3n) is 2.33. The van der Waals surface area contributed by atoms with Crippen LogP contribution in [0.1, 0.15) is 18.0 Å². The second-order valence-corrected chi connectivity index (χ2v) is 4.82. The average Bonchev–Trinajstić information content (AvgIpc) is 2.18. The Morgan fingerprint density at radius 1 is 1.20 bits per heavy atom. The molecule has 0 bridgehead atoms. The molecule has 0 aromatic heterocycles. The highest BCUT2D eigenvalue weighted by molar-refractivity contribution is 6.42. The Balaban J connectivity index is 2.95. The molecule has 4 heteroatoms. The molecule has 0 aliphatic rings. The van der Waals surface area contributed by atoms with Crippen LogP contribution in [0.25, 0.3) is 0 Å². The van der Waals surface area contributed by atoms with Crippen molar-refractivity contribution in [3.8, 4) is 0 Å². The van der Waals surface area contributed by atoms with Gasteiger partial charge in [0.25, 0.3) is 0 Å². The number of alkyl halides is 1. The molecule has 0 saturated heterocycles. The fraction of sp³-hybridized carbons (Fsp3) is 0.455. The van der Waals surface area contributed by atoms with Gasteiger partial charge in [0, 0.05) is 11.9 Å². The van der Waals surface area contributed by atoms with Gasteiger partial charge in [-0.1, -0.05) is 29.3 Å². The Morgan fingerprint density at radius 3 is 2.33 bits per heavy atom. The standard InChI is InChI=1S/C11H14Cl3N/c1-15(2)11(5-6-12)8-3-4-9(13)10(14)7-8/h3-4,7,11H,5-6H2,1-2H3. The molecule has 0 heterocycles. The first-order valence-electron chi connectivity index (χ1n) is 4.73. The normalized spacial score (nSPS) is 13.2. The summed E-state index contributed by atoms with van der Waals surface area (Å²) in [5.41, 5.74) is 1.15. The SMILES string of the molecule is CN(C)C(CCCl)c1ccc(Cl)c(Cl)c1. The van der Waals surface area contributed by atoms with Crippen molar-refractivity contribution in [2.24, 2.45) is 0 Å². The third kappa shape index (κ3) is 3.53. The van der Waals surface area contributed by atoms with E-state index in [9.17, 15) is 0 Å². The first kappa shape index (κ1) is 13.1. The highest BCUT2D eigenvalue weighted by Gasteiger charge is 2.14. The number of hydrogen-bond donors (Lipinski definition) is 0. The highest BCUT2D eigenvalue weighted by atomic mass is 35.5. The van der Waals surface area contributed by atoms with E-state index in [2.05, 4.69) is 4.90 Å². The van der Waals surface area contributed by atoms with Crippen molar-refractivity contribution in [1.29, 1.82) is 0 Å². The zero-order valence-electron chi connectivity index (χ0n) is 8.80. The molecule has 1 atom stereocenters. The zero-order valence-corrected chi connectivity index (χ0v) is 11.1. The van der Waals surface area contributed by atoms with Crippen LogP contribution in [0.2, 0.25) is 10.0 Å². The van der Waals surface area contributed by atoms with Gasteiger partial charge in [-0.05, 0) is 38.2 Å². The van der Waals surface area contributed by atoms with E-state index in [1.54, 1.807) is 0 Å². The molecule has 0 saturated carbocycles. The molecule has 1 nitrogen and oxygen atoms in total. The van der Waals surface area contributed by atoms with Crippen LogP contribution in [0.4, 0.5) is 0 Å². The summed E-state index contributed by atoms with van der Waals surface area (Å²) >= 11 is 17.6. The van der Waals surface area contributed by atoms with Crippen molar-refractivity contribution < 1.29 is 0 Å². The van der Waals surface area contributed by atoms with E-state index in [0.717, 1.165) is 12.0 Å². The van der Waals surface area contributed by atoms with Crippen molar-refractivity contribution in [3.05, 3.63) is 33.8 Å². The van der Waals surface area contributed by atoms with Gasteiger partial charge in [0.15, 0.2) is 0 Å². The van der Waals surface area contributed by atoms with E-state index in [4.69, 9.17) is 34.8 Å². The molecule has 84 valence electrons. The van der Waals surface area contributed by atoms with Crippen LogP contribution in [-0.2, 0) is 0 Å². The Bertz CT molecular complexity index is 326. The van der Waals surface area contributed by atoms with Gasteiger partial charge in [-0.15, -0.1) is 11.6 Å². The quantitative estimate of drug-likeness (QED) is 0.737. The van der Waals surface area contributed by atoms with Gasteiger partial charge in [-0.3, -0.25) is 0 Å². The van der Waals surface area contributed by atoms with E-state index in [1.807, 2.05) is 32.3 Å². The van der Waals surface area contributed by atoms with Gasteiger partial charge in [0.1, 0.15) is 0 Å². The number of rotatable bonds is 4. The summed E-state index contributed by atoms with van der Waals surface area (Å²) in [7, 11) is 4.06. The number of benzene rings is 1. The fourth-order valence-corrected chi connectivity index (χ4v) is 2.06. The van der Waals surface area contributed by atoms with E-state index in [-0.39, 0.29) is 6.04 Å². The first-order chi connectivity index (χ1) is 7.06. The Labute approximate surface area is 106 Å². The van der Waals surface area contributed by atoms with Crippen LogP contribution in [0.3, 0.4) is 0 Å². The lowest BCUT2D eigenvalue weighted by Crippen LogP contribution is -2.20. The molecule has 1 rings (SSSR count). The number of halogens is 3. The lowest BCUT2D eigenvalue weighted by atomic mass is 10.0. The molecule has 0 radical (unpaired) electrons. The van der Waals surface area contributed by atoms with Crippen molar-refractivity contribution in [3.63, 3.8) is 0 Å². The van der Waals surface area contributed by atoms with Crippen molar-refractivity contribution in [1.82, 2.24) is 4.90 Å². The third-order valence-corrected chi connectivity index (χ3v) is 3.29. The summed E-state index contributed by atoms with van der Waals surface area (Å²) in [5.74, 6) is 0.628. The molecule has 0 aliphatic heterocycles. The zero-order chi connectivity index (χ0) is 11.4. The summed E-state index contributed by atoms with van der Waals surface area (Å²) in [6.45, 7) is 0. The van der Waals surface area contributed by atoms with Gasteiger partial charge >= 0.3 is 0 Å². The van der Waals surface area contributed by atoms with Crippen LogP contribution in [0, 0.1) is 0 Å². The van der Waals surface area contributed by atoms with E-state index < -0.39 is 0 Å². The molecule has 1 aromatic rings. The highest BCUT2D eigenvalue weighted by Crippen LogP contribution is 2.29. The maximum atomic E-state index is 5.98. The van der Waals surface area contributed by atoms with Crippen LogP contribution >= 0.6 is 34.8 Å². The second kappa shape index (κ2) is 5.95. The minimum atomic E-state index is 0.289. The summed E-state index contributed by atoms with van der Waals surface area (Å²) < 4.78 is 0. The Kier molecular flexibility index (Phi) is 5.20. The summed E-state index contributed by atoms with van der Waals surface area (Å²) in [6.07, 6.45) is 0.895. The molecule has 0 spiro atoms. The molecular formula is C11H14Cl3N. The van der Waals surface area contributed by atoms with Gasteiger partial charge < -0.3 is 4.90 Å². The maximum Gasteiger partial charge on any atom is 0.0595 e. The molecular weight excluding hydrogens is 252 g/mol. The molecule has 15 heavy (non-hydrogen) atoms. The smallest absolute Gasteiger partial charge is 0.0595 e. The van der Waals surface area contributed by atoms with E-state index in [1.165, 1.54) is 0 Å². The molecule has 1 aromatic carbocycles. The monoisotopic (exact) mass is 265 g/mol. The molecule has 0 amide bonds. The van der Waals surface area contributed by atoms with E-state index in [0.29, 0.717) is 15.9 Å². The summed E-state index contributed by atoms with van der Waals surface area (Å²) in [5, 5.41) is 1.18. The number of hydrogen-bond acceptors (Lipinski definition) is 1. The maximum absolute atomic E-state index is 5.98. The van der Waals surface area contributed by atoms with Gasteiger partial charge in [0.05, 0.1) is 10.0 Å². The Hall–Kier alpha value is 0.0500. The van der Waals surface area contributed by atoms with Crippen LogP contribution in [0.5, 0.6) is 0 Å². The molecule has 0 N–H and O–H groups in total. The lowest BCUT2D eigenvalue weighted by Gasteiger charge is -2.24. The van der Waals surface area contributed by atoms with Crippen LogP contribution < -0.4 is 0 Å². The van der Waals surface area contributed by atoms with Crippen LogP contribution in [-0.4, -0.2) is 24.9 Å². The minimum absolute atomic E-state index is 0.289. The van der Waals surface area contributed by atoms with Crippen molar-refractivity contribution in [2.75, 3.05) is 20.0 Å². The van der Waals surface area contributed by atoms with Gasteiger partial charge in [0.2, 0.25) is 0 Å². The second-order valence-electron chi connectivity index (χ2n) is 3.63. The molecule has 0 fully saturated rings. The topological polar surface area (TPSA) is 3.24 Å². The minimum Gasteiger partial charge on any atom is -0.302 e. The Morgan fingerprint density at radius 2 is 1.87 bits per heavy atom. The summed E-state index contributed by atoms with van der Waals surface area (Å²) in [4.78, 5) is 2.13. The van der Waals surface area contributed by atoms with Crippen molar-refractivity contribution >= 4 is 34.8 Å². The van der Waals surface area contributed by atoms with Gasteiger partial charge in [-0.2, -0.15) is 0 Å². The summed E-state index contributed by atoms with van der Waals surface area (Å²) in [6, 6.07) is 6.01. The fourth-order valence-electron chi connectivity index (χ4n) is 1.55. The molecule has 0 aliphatic carbocycles. The number of nitrogens with zero attached hydrogens (tertiary/aromatic N) is 1. The predicted molar refractivity (Wildman–Crippen MR) is 68.2 cm³/mol. The largest absolute Gasteiger partial charge is 0.302 e. The van der Waals surface area contributed by atoms with Crippen LogP contribution in [0.15, 0.2) is 18.2 Å². The van der Waals surface area contributed by atoms with Crippen molar-refractivity contribution in [2.45, 2.75) is 12.5 Å². The van der Waals surface area contributed by atoms with E-state index >= 15 is 0 Å². The first-order valence-corrected chi connectivity index (χ1v) is 6.02. The predicted octanol–water partition coefficient (Wildman–Crippen LogP) is 4.23. The van der Waals surface area contributed by atoms with Gasteiger partial charge in [-0.25, -0.2) is 0 Å². The lowest BCUT2D eigenvalue weighted by molar-refractivity contribution is 0.293. The molecule has 1 unspecified atom stereocenters.